The van der Waals surface area contributed by atoms with Crippen molar-refractivity contribution in [3.8, 4) is 0 Å². The third-order valence-electron chi connectivity index (χ3n) is 1.58. The van der Waals surface area contributed by atoms with Gasteiger partial charge >= 0.3 is 6.03 Å². The normalized spacial score (nSPS) is 9.50. The summed E-state index contributed by atoms with van der Waals surface area (Å²) in [6.45, 7) is 0.654. The van der Waals surface area contributed by atoms with Crippen molar-refractivity contribution in [2.45, 2.75) is 6.67 Å². The highest BCUT2D eigenvalue weighted by molar-refractivity contribution is 5.73. The first kappa shape index (κ1) is 10.5. The molecule has 0 aliphatic heterocycles. The maximum atomic E-state index is 11.1. The molecule has 14 heavy (non-hydrogen) atoms. The van der Waals surface area contributed by atoms with E-state index in [2.05, 4.69) is 15.4 Å². The van der Waals surface area contributed by atoms with E-state index in [-0.39, 0.29) is 12.8 Å². The van der Waals surface area contributed by atoms with Gasteiger partial charge in [-0.25, -0.2) is 4.79 Å². The SMILES string of the molecule is COCNC(=O)NC[n+]1ccccc1. The van der Waals surface area contributed by atoms with E-state index in [1.54, 1.807) is 0 Å². The summed E-state index contributed by atoms with van der Waals surface area (Å²) >= 11 is 0. The van der Waals surface area contributed by atoms with Crippen LogP contribution >= 0.6 is 0 Å². The molecule has 2 N–H and O–H groups in total. The van der Waals surface area contributed by atoms with Crippen LogP contribution in [0.3, 0.4) is 0 Å². The highest BCUT2D eigenvalue weighted by atomic mass is 16.5. The van der Waals surface area contributed by atoms with Crippen LogP contribution in [0.1, 0.15) is 0 Å². The lowest BCUT2D eigenvalue weighted by Gasteiger charge is -2.03. The highest BCUT2D eigenvalue weighted by Crippen LogP contribution is 1.75. The quantitative estimate of drug-likeness (QED) is 0.519. The number of methoxy groups -OCH3 is 1. The van der Waals surface area contributed by atoms with E-state index >= 15 is 0 Å². The summed E-state index contributed by atoms with van der Waals surface area (Å²) < 4.78 is 6.54. The predicted octanol–water partition coefficient (Wildman–Crippen LogP) is -0.165. The number of pyridine rings is 1. The van der Waals surface area contributed by atoms with Crippen molar-refractivity contribution in [3.63, 3.8) is 0 Å². The van der Waals surface area contributed by atoms with Gasteiger partial charge in [0.15, 0.2) is 12.4 Å². The lowest BCUT2D eigenvalue weighted by molar-refractivity contribution is -0.699. The number of nitrogens with zero attached hydrogens (tertiary/aromatic N) is 1. The van der Waals surface area contributed by atoms with Crippen LogP contribution in [-0.2, 0) is 11.4 Å². The van der Waals surface area contributed by atoms with Crippen molar-refractivity contribution in [1.82, 2.24) is 10.6 Å². The minimum absolute atomic E-state index is 0.214. The number of rotatable bonds is 4. The minimum Gasteiger partial charge on any atom is -0.364 e. The van der Waals surface area contributed by atoms with Crippen molar-refractivity contribution in [2.24, 2.45) is 0 Å². The number of carbonyl (C=O) groups excluding carboxylic acids is 1. The van der Waals surface area contributed by atoms with Crippen molar-refractivity contribution < 1.29 is 14.1 Å². The van der Waals surface area contributed by atoms with E-state index in [1.807, 2.05) is 35.2 Å². The van der Waals surface area contributed by atoms with Gasteiger partial charge in [0.05, 0.1) is 0 Å². The Balaban J connectivity index is 2.24. The van der Waals surface area contributed by atoms with Gasteiger partial charge in [-0.05, 0) is 0 Å². The van der Waals surface area contributed by atoms with Crippen molar-refractivity contribution in [1.29, 1.82) is 0 Å². The first-order valence-corrected chi connectivity index (χ1v) is 4.27. The van der Waals surface area contributed by atoms with Gasteiger partial charge < -0.3 is 10.1 Å². The molecule has 0 saturated carbocycles. The van der Waals surface area contributed by atoms with Gasteiger partial charge in [0, 0.05) is 19.2 Å². The van der Waals surface area contributed by atoms with Gasteiger partial charge in [0.1, 0.15) is 6.73 Å². The molecule has 0 atom stereocenters. The molecular formula is C9H14N3O2+. The van der Waals surface area contributed by atoms with Gasteiger partial charge in [-0.1, -0.05) is 6.07 Å². The monoisotopic (exact) mass is 196 g/mol. The summed E-state index contributed by atoms with van der Waals surface area (Å²) in [5.74, 6) is 0. The molecule has 0 aliphatic carbocycles. The van der Waals surface area contributed by atoms with E-state index in [9.17, 15) is 4.79 Å². The smallest absolute Gasteiger partial charge is 0.321 e. The number of hydrogen-bond donors (Lipinski definition) is 2. The van der Waals surface area contributed by atoms with E-state index in [1.165, 1.54) is 7.11 Å². The maximum Gasteiger partial charge on any atom is 0.321 e. The van der Waals surface area contributed by atoms with E-state index < -0.39 is 0 Å². The van der Waals surface area contributed by atoms with Crippen LogP contribution in [0.25, 0.3) is 0 Å². The predicted molar refractivity (Wildman–Crippen MR) is 50.2 cm³/mol. The first-order valence-electron chi connectivity index (χ1n) is 4.27. The van der Waals surface area contributed by atoms with Crippen LogP contribution in [0.15, 0.2) is 30.6 Å². The molecule has 0 aliphatic rings. The van der Waals surface area contributed by atoms with Crippen LogP contribution in [0.2, 0.25) is 0 Å². The van der Waals surface area contributed by atoms with Crippen LogP contribution < -0.4 is 15.2 Å². The fourth-order valence-corrected chi connectivity index (χ4v) is 0.903. The summed E-state index contributed by atoms with van der Waals surface area (Å²) in [5, 5.41) is 5.18. The average molecular weight is 196 g/mol. The second kappa shape index (κ2) is 5.93. The van der Waals surface area contributed by atoms with Gasteiger partial charge in [0.25, 0.3) is 0 Å². The summed E-state index contributed by atoms with van der Waals surface area (Å²) in [6.07, 6.45) is 3.74. The molecule has 0 unspecified atom stereocenters. The summed E-state index contributed by atoms with van der Waals surface area (Å²) in [5.41, 5.74) is 0. The fraction of sp³-hybridized carbons (Fsp3) is 0.333. The Kier molecular flexibility index (Phi) is 4.43. The molecule has 5 heteroatoms. The standard InChI is InChI=1S/C9H13N3O2/c1-14-8-11-9(13)10-7-12-5-3-2-4-6-12/h2-6H,7-8H2,1H3,(H-,10,11,13)/p+1. The number of nitrogens with one attached hydrogen (secondary N) is 2. The molecule has 1 aromatic heterocycles. The third-order valence-corrected chi connectivity index (χ3v) is 1.58. The lowest BCUT2D eigenvalue weighted by Crippen LogP contribution is -2.46. The summed E-state index contributed by atoms with van der Waals surface area (Å²) in [6, 6.07) is 5.47. The Labute approximate surface area is 82.7 Å². The molecule has 0 spiro atoms. The van der Waals surface area contributed by atoms with E-state index in [0.29, 0.717) is 6.67 Å². The van der Waals surface area contributed by atoms with E-state index in [4.69, 9.17) is 0 Å². The Bertz CT molecular complexity index is 277. The second-order valence-electron chi connectivity index (χ2n) is 2.66. The van der Waals surface area contributed by atoms with Crippen molar-refractivity contribution in [3.05, 3.63) is 30.6 Å². The van der Waals surface area contributed by atoms with Crippen LogP contribution in [0, 0.1) is 0 Å². The number of urea groups is 1. The number of hydrogen-bond acceptors (Lipinski definition) is 2. The zero-order chi connectivity index (χ0) is 10.2. The fourth-order valence-electron chi connectivity index (χ4n) is 0.903. The molecule has 0 aromatic carbocycles. The molecule has 0 fully saturated rings. The molecule has 0 saturated heterocycles. The maximum absolute atomic E-state index is 11.1. The van der Waals surface area contributed by atoms with E-state index in [0.717, 1.165) is 0 Å². The van der Waals surface area contributed by atoms with Crippen molar-refractivity contribution >= 4 is 6.03 Å². The van der Waals surface area contributed by atoms with Gasteiger partial charge in [0.2, 0.25) is 6.67 Å². The highest BCUT2D eigenvalue weighted by Gasteiger charge is 2.01. The van der Waals surface area contributed by atoms with Gasteiger partial charge in [-0.15, -0.1) is 0 Å². The van der Waals surface area contributed by atoms with Gasteiger partial charge in [-0.3, -0.25) is 5.32 Å². The molecule has 5 nitrogen and oxygen atoms in total. The molecule has 0 radical (unpaired) electrons. The molecule has 1 aromatic rings. The second-order valence-corrected chi connectivity index (χ2v) is 2.66. The molecule has 0 bridgehead atoms. The lowest BCUT2D eigenvalue weighted by atomic mass is 10.5. The average Bonchev–Trinajstić information content (AvgIpc) is 2.25. The number of carbonyl (C=O) groups is 1. The Morgan fingerprint density at radius 1 is 1.29 bits per heavy atom. The minimum atomic E-state index is -0.247. The van der Waals surface area contributed by atoms with Crippen LogP contribution in [-0.4, -0.2) is 19.9 Å². The Hall–Kier alpha value is -1.62. The summed E-state index contributed by atoms with van der Waals surface area (Å²) in [4.78, 5) is 11.1. The first-order chi connectivity index (χ1) is 6.83. The summed E-state index contributed by atoms with van der Waals surface area (Å²) in [7, 11) is 1.52. The largest absolute Gasteiger partial charge is 0.364 e. The Morgan fingerprint density at radius 2 is 2.00 bits per heavy atom. The zero-order valence-electron chi connectivity index (χ0n) is 8.06. The third kappa shape index (κ3) is 3.86. The Morgan fingerprint density at radius 3 is 2.64 bits per heavy atom. The zero-order valence-corrected chi connectivity index (χ0v) is 8.06. The topological polar surface area (TPSA) is 54.2 Å². The van der Waals surface area contributed by atoms with Gasteiger partial charge in [-0.2, -0.15) is 4.57 Å². The number of ether oxygens (including phenoxy) is 1. The number of amides is 2. The number of aromatic nitrogens is 1. The molecular weight excluding hydrogens is 182 g/mol. The molecule has 1 heterocycles. The molecule has 2 amide bonds. The van der Waals surface area contributed by atoms with Crippen LogP contribution in [0.5, 0.6) is 0 Å². The molecule has 76 valence electrons. The molecule has 1 rings (SSSR count). The van der Waals surface area contributed by atoms with Crippen LogP contribution in [0.4, 0.5) is 4.79 Å². The van der Waals surface area contributed by atoms with Crippen molar-refractivity contribution in [2.75, 3.05) is 13.8 Å².